The third-order valence-electron chi connectivity index (χ3n) is 2.73. The lowest BCUT2D eigenvalue weighted by atomic mass is 10.2. The summed E-state index contributed by atoms with van der Waals surface area (Å²) in [7, 11) is 0. The van der Waals surface area contributed by atoms with E-state index in [2.05, 4.69) is 5.32 Å². The number of carboxylic acid groups (broad SMARTS) is 1. The van der Waals surface area contributed by atoms with Crippen LogP contribution in [-0.4, -0.2) is 46.9 Å². The molecule has 0 bridgehead atoms. The summed E-state index contributed by atoms with van der Waals surface area (Å²) in [4.78, 5) is 35.1. The maximum absolute atomic E-state index is 11.8. The first-order valence-corrected chi connectivity index (χ1v) is 5.80. The van der Waals surface area contributed by atoms with Gasteiger partial charge in [-0.3, -0.25) is 14.4 Å². The Bertz CT molecular complexity index is 311. The van der Waals surface area contributed by atoms with Gasteiger partial charge >= 0.3 is 5.97 Å². The van der Waals surface area contributed by atoms with Gasteiger partial charge in [-0.1, -0.05) is 0 Å². The Labute approximate surface area is 100.0 Å². The lowest BCUT2D eigenvalue weighted by Crippen LogP contribution is -2.45. The number of hydrogen-bond donors (Lipinski definition) is 2. The Morgan fingerprint density at radius 2 is 1.82 bits per heavy atom. The van der Waals surface area contributed by atoms with Crippen molar-refractivity contribution in [3.8, 4) is 0 Å². The van der Waals surface area contributed by atoms with E-state index in [4.69, 9.17) is 5.11 Å². The molecular formula is C11H18N2O4. The first kappa shape index (κ1) is 13.5. The molecule has 0 spiro atoms. The molecule has 2 amide bonds. The average molecular weight is 242 g/mol. The van der Waals surface area contributed by atoms with Gasteiger partial charge in [-0.05, 0) is 19.8 Å². The van der Waals surface area contributed by atoms with E-state index in [1.165, 1.54) is 0 Å². The predicted octanol–water partition coefficient (Wildman–Crippen LogP) is -0.0217. The minimum absolute atomic E-state index is 0.0903. The summed E-state index contributed by atoms with van der Waals surface area (Å²) in [5.74, 6) is -1.50. The van der Waals surface area contributed by atoms with Crippen LogP contribution in [0.1, 0.15) is 32.6 Å². The zero-order valence-corrected chi connectivity index (χ0v) is 9.94. The highest BCUT2D eigenvalue weighted by Gasteiger charge is 2.24. The summed E-state index contributed by atoms with van der Waals surface area (Å²) in [6.07, 6.45) is 1.71. The van der Waals surface area contributed by atoms with Crippen molar-refractivity contribution in [3.05, 3.63) is 0 Å². The van der Waals surface area contributed by atoms with Crippen molar-refractivity contribution in [2.75, 3.05) is 13.1 Å². The number of amides is 2. The second kappa shape index (κ2) is 6.22. The van der Waals surface area contributed by atoms with E-state index < -0.39 is 17.9 Å². The number of carbonyl (C=O) groups excluding carboxylic acids is 2. The number of hydrogen-bond acceptors (Lipinski definition) is 3. The first-order chi connectivity index (χ1) is 8.00. The van der Waals surface area contributed by atoms with Crippen LogP contribution in [0.2, 0.25) is 0 Å². The van der Waals surface area contributed by atoms with Gasteiger partial charge in [0, 0.05) is 19.5 Å². The van der Waals surface area contributed by atoms with E-state index in [-0.39, 0.29) is 18.7 Å². The Balaban J connectivity index is 2.32. The Morgan fingerprint density at radius 3 is 2.35 bits per heavy atom. The van der Waals surface area contributed by atoms with E-state index in [1.807, 2.05) is 0 Å². The molecule has 1 rings (SSSR count). The van der Waals surface area contributed by atoms with Crippen molar-refractivity contribution in [1.82, 2.24) is 10.2 Å². The molecule has 1 atom stereocenters. The van der Waals surface area contributed by atoms with Crippen molar-refractivity contribution < 1.29 is 19.5 Å². The molecule has 1 fully saturated rings. The molecule has 0 saturated carbocycles. The van der Waals surface area contributed by atoms with Crippen molar-refractivity contribution >= 4 is 17.8 Å². The molecular weight excluding hydrogens is 224 g/mol. The van der Waals surface area contributed by atoms with Crippen LogP contribution >= 0.6 is 0 Å². The fraction of sp³-hybridized carbons (Fsp3) is 0.727. The van der Waals surface area contributed by atoms with Crippen LogP contribution in [0.3, 0.4) is 0 Å². The van der Waals surface area contributed by atoms with Crippen LogP contribution < -0.4 is 5.32 Å². The van der Waals surface area contributed by atoms with E-state index in [0.29, 0.717) is 0 Å². The van der Waals surface area contributed by atoms with Crippen LogP contribution in [0.4, 0.5) is 0 Å². The van der Waals surface area contributed by atoms with Crippen LogP contribution in [0, 0.1) is 0 Å². The Hall–Kier alpha value is -1.59. The largest absolute Gasteiger partial charge is 0.481 e. The van der Waals surface area contributed by atoms with Crippen LogP contribution in [0.15, 0.2) is 0 Å². The summed E-state index contributed by atoms with van der Waals surface area (Å²) in [5, 5.41) is 10.9. The molecule has 6 heteroatoms. The molecule has 1 aliphatic heterocycles. The summed E-state index contributed by atoms with van der Waals surface area (Å²) in [5.41, 5.74) is 0. The van der Waals surface area contributed by atoms with E-state index in [9.17, 15) is 14.4 Å². The summed E-state index contributed by atoms with van der Waals surface area (Å²) in [6, 6.07) is -0.575. The number of rotatable bonds is 5. The van der Waals surface area contributed by atoms with Gasteiger partial charge in [0.2, 0.25) is 11.8 Å². The molecule has 0 aromatic rings. The number of likely N-dealkylation sites (tertiary alicyclic amines) is 1. The molecule has 1 aliphatic rings. The quantitative estimate of drug-likeness (QED) is 0.709. The van der Waals surface area contributed by atoms with E-state index >= 15 is 0 Å². The topological polar surface area (TPSA) is 86.7 Å². The monoisotopic (exact) mass is 242 g/mol. The SMILES string of the molecule is CC(NC(=O)CCC(=O)O)C(=O)N1CCCC1. The minimum Gasteiger partial charge on any atom is -0.481 e. The Morgan fingerprint density at radius 1 is 1.24 bits per heavy atom. The molecule has 1 unspecified atom stereocenters. The molecule has 0 aliphatic carbocycles. The normalized spacial score (nSPS) is 16.6. The average Bonchev–Trinajstić information content (AvgIpc) is 2.78. The smallest absolute Gasteiger partial charge is 0.303 e. The van der Waals surface area contributed by atoms with Gasteiger partial charge in [-0.25, -0.2) is 0 Å². The third-order valence-corrected chi connectivity index (χ3v) is 2.73. The van der Waals surface area contributed by atoms with Gasteiger partial charge in [-0.2, -0.15) is 0 Å². The summed E-state index contributed by atoms with van der Waals surface area (Å²) >= 11 is 0. The predicted molar refractivity (Wildman–Crippen MR) is 60.3 cm³/mol. The molecule has 1 heterocycles. The lowest BCUT2D eigenvalue weighted by molar-refractivity contribution is -0.139. The van der Waals surface area contributed by atoms with Gasteiger partial charge in [-0.15, -0.1) is 0 Å². The number of aliphatic carboxylic acids is 1. The highest BCUT2D eigenvalue weighted by atomic mass is 16.4. The number of nitrogens with one attached hydrogen (secondary N) is 1. The van der Waals surface area contributed by atoms with Crippen LogP contribution in [0.5, 0.6) is 0 Å². The number of carbonyl (C=O) groups is 3. The fourth-order valence-electron chi connectivity index (χ4n) is 1.81. The van der Waals surface area contributed by atoms with E-state index in [1.54, 1.807) is 11.8 Å². The van der Waals surface area contributed by atoms with E-state index in [0.717, 1.165) is 25.9 Å². The van der Waals surface area contributed by atoms with Crippen molar-refractivity contribution in [2.45, 2.75) is 38.6 Å². The molecule has 2 N–H and O–H groups in total. The zero-order valence-electron chi connectivity index (χ0n) is 9.94. The third kappa shape index (κ3) is 4.42. The maximum atomic E-state index is 11.8. The summed E-state index contributed by atoms with van der Waals surface area (Å²) < 4.78 is 0. The standard InChI is InChI=1S/C11H18N2O4/c1-8(11(17)13-6-2-3-7-13)12-9(14)4-5-10(15)16/h8H,2-7H2,1H3,(H,12,14)(H,15,16). The molecule has 0 aromatic heterocycles. The number of nitrogens with zero attached hydrogens (tertiary/aromatic N) is 1. The second-order valence-corrected chi connectivity index (χ2v) is 4.22. The minimum atomic E-state index is -1.02. The maximum Gasteiger partial charge on any atom is 0.303 e. The van der Waals surface area contributed by atoms with Gasteiger partial charge in [0.15, 0.2) is 0 Å². The molecule has 0 radical (unpaired) electrons. The Kier molecular flexibility index (Phi) is 4.93. The molecule has 1 saturated heterocycles. The van der Waals surface area contributed by atoms with Crippen molar-refractivity contribution in [1.29, 1.82) is 0 Å². The van der Waals surface area contributed by atoms with Crippen LogP contribution in [0.25, 0.3) is 0 Å². The van der Waals surface area contributed by atoms with Gasteiger partial charge in [0.1, 0.15) is 6.04 Å². The van der Waals surface area contributed by atoms with Gasteiger partial charge < -0.3 is 15.3 Å². The zero-order chi connectivity index (χ0) is 12.8. The second-order valence-electron chi connectivity index (χ2n) is 4.22. The van der Waals surface area contributed by atoms with Gasteiger partial charge in [0.05, 0.1) is 6.42 Å². The lowest BCUT2D eigenvalue weighted by Gasteiger charge is -2.20. The van der Waals surface area contributed by atoms with Gasteiger partial charge in [0.25, 0.3) is 0 Å². The molecule has 6 nitrogen and oxygen atoms in total. The van der Waals surface area contributed by atoms with Crippen molar-refractivity contribution in [2.24, 2.45) is 0 Å². The molecule has 96 valence electrons. The van der Waals surface area contributed by atoms with Crippen LogP contribution in [-0.2, 0) is 14.4 Å². The first-order valence-electron chi connectivity index (χ1n) is 5.80. The van der Waals surface area contributed by atoms with Crippen molar-refractivity contribution in [3.63, 3.8) is 0 Å². The summed E-state index contributed by atoms with van der Waals surface area (Å²) in [6.45, 7) is 3.11. The molecule has 0 aromatic carbocycles. The fourth-order valence-corrected chi connectivity index (χ4v) is 1.81. The highest BCUT2D eigenvalue weighted by molar-refractivity contribution is 5.88. The molecule has 17 heavy (non-hydrogen) atoms. The highest BCUT2D eigenvalue weighted by Crippen LogP contribution is 2.09. The number of carboxylic acids is 1.